The van der Waals surface area contributed by atoms with Crippen molar-refractivity contribution in [3.05, 3.63) is 23.8 Å². The summed E-state index contributed by atoms with van der Waals surface area (Å²) >= 11 is 0. The number of aliphatic hydroxyl groups excluding tert-OH is 1. The summed E-state index contributed by atoms with van der Waals surface area (Å²) in [4.78, 5) is 23.0. The highest BCUT2D eigenvalue weighted by Crippen LogP contribution is 2.33. The van der Waals surface area contributed by atoms with E-state index in [0.717, 1.165) is 5.56 Å². The fourth-order valence-electron chi connectivity index (χ4n) is 2.16. The fourth-order valence-corrected chi connectivity index (χ4v) is 2.16. The Labute approximate surface area is 118 Å². The van der Waals surface area contributed by atoms with E-state index in [2.05, 4.69) is 24.5 Å². The van der Waals surface area contributed by atoms with Crippen LogP contribution in [0.1, 0.15) is 38.9 Å². The van der Waals surface area contributed by atoms with Crippen molar-refractivity contribution < 1.29 is 14.7 Å². The second kappa shape index (κ2) is 5.63. The van der Waals surface area contributed by atoms with E-state index in [9.17, 15) is 14.7 Å². The molecule has 1 aromatic carbocycles. The topological polar surface area (TPSA) is 78.4 Å². The molecule has 0 radical (unpaired) electrons. The number of aliphatic hydroxyl groups is 1. The zero-order valence-electron chi connectivity index (χ0n) is 11.9. The van der Waals surface area contributed by atoms with Gasteiger partial charge in [0.05, 0.1) is 17.5 Å². The molecular weight excluding hydrogens is 256 g/mol. The highest BCUT2D eigenvalue weighted by Gasteiger charge is 2.23. The van der Waals surface area contributed by atoms with Crippen molar-refractivity contribution in [1.29, 1.82) is 0 Å². The fraction of sp³-hybridized carbons (Fsp3) is 0.467. The van der Waals surface area contributed by atoms with Crippen molar-refractivity contribution in [1.82, 2.24) is 0 Å². The molecule has 0 aliphatic carbocycles. The number of carbonyl (C=O) groups is 2. The Hall–Kier alpha value is -1.88. The molecular formula is C15H20N2O3. The average molecular weight is 276 g/mol. The summed E-state index contributed by atoms with van der Waals surface area (Å²) in [5.41, 5.74) is 1.84. The molecule has 108 valence electrons. The van der Waals surface area contributed by atoms with Crippen LogP contribution in [0.15, 0.2) is 18.2 Å². The number of rotatable bonds is 3. The first-order valence-corrected chi connectivity index (χ1v) is 6.80. The number of nitrogens with one attached hydrogen (secondary N) is 2. The SMILES string of the molecule is CC(C)C(C)C(O)c1ccc2c(c1)NC(=O)CC(=O)N2. The minimum atomic E-state index is -0.601. The first-order valence-electron chi connectivity index (χ1n) is 6.80. The van der Waals surface area contributed by atoms with Crippen molar-refractivity contribution in [2.75, 3.05) is 10.6 Å². The minimum Gasteiger partial charge on any atom is -0.388 e. The van der Waals surface area contributed by atoms with Crippen LogP contribution in [0.25, 0.3) is 0 Å². The smallest absolute Gasteiger partial charge is 0.233 e. The number of amides is 2. The summed E-state index contributed by atoms with van der Waals surface area (Å²) in [7, 11) is 0. The molecule has 1 aliphatic heterocycles. The van der Waals surface area contributed by atoms with E-state index >= 15 is 0 Å². The van der Waals surface area contributed by atoms with E-state index in [1.54, 1.807) is 18.2 Å². The number of carbonyl (C=O) groups excluding carboxylic acids is 2. The highest BCUT2D eigenvalue weighted by molar-refractivity contribution is 6.13. The third kappa shape index (κ3) is 2.99. The maximum atomic E-state index is 11.5. The van der Waals surface area contributed by atoms with Crippen LogP contribution in [0, 0.1) is 11.8 Å². The quantitative estimate of drug-likeness (QED) is 0.741. The molecule has 5 heteroatoms. The number of fused-ring (bicyclic) bond motifs is 1. The van der Waals surface area contributed by atoms with Crippen molar-refractivity contribution in [3.8, 4) is 0 Å². The van der Waals surface area contributed by atoms with Crippen molar-refractivity contribution >= 4 is 23.2 Å². The molecule has 3 N–H and O–H groups in total. The zero-order valence-corrected chi connectivity index (χ0v) is 11.9. The van der Waals surface area contributed by atoms with Gasteiger partial charge in [-0.25, -0.2) is 0 Å². The van der Waals surface area contributed by atoms with Crippen molar-refractivity contribution in [3.63, 3.8) is 0 Å². The highest BCUT2D eigenvalue weighted by atomic mass is 16.3. The Morgan fingerprint density at radius 2 is 1.65 bits per heavy atom. The van der Waals surface area contributed by atoms with Gasteiger partial charge in [0.15, 0.2) is 0 Å². The molecule has 0 saturated heterocycles. The van der Waals surface area contributed by atoms with E-state index in [0.29, 0.717) is 17.3 Å². The van der Waals surface area contributed by atoms with Crippen molar-refractivity contribution in [2.24, 2.45) is 11.8 Å². The molecule has 0 spiro atoms. The molecule has 5 nitrogen and oxygen atoms in total. The van der Waals surface area contributed by atoms with Crippen LogP contribution >= 0.6 is 0 Å². The van der Waals surface area contributed by atoms with Gasteiger partial charge in [0.25, 0.3) is 0 Å². The van der Waals surface area contributed by atoms with Gasteiger partial charge < -0.3 is 15.7 Å². The lowest BCUT2D eigenvalue weighted by Crippen LogP contribution is -2.16. The molecule has 0 aromatic heterocycles. The van der Waals surface area contributed by atoms with E-state index in [1.165, 1.54) is 0 Å². The third-order valence-corrected chi connectivity index (χ3v) is 3.80. The Balaban J connectivity index is 2.31. The van der Waals surface area contributed by atoms with Gasteiger partial charge in [0.2, 0.25) is 11.8 Å². The maximum absolute atomic E-state index is 11.5. The first kappa shape index (κ1) is 14.5. The molecule has 2 rings (SSSR count). The molecule has 0 saturated carbocycles. The number of hydrogen-bond acceptors (Lipinski definition) is 3. The Kier molecular flexibility index (Phi) is 4.09. The molecule has 20 heavy (non-hydrogen) atoms. The van der Waals surface area contributed by atoms with Crippen molar-refractivity contribution in [2.45, 2.75) is 33.3 Å². The van der Waals surface area contributed by atoms with Gasteiger partial charge in [-0.15, -0.1) is 0 Å². The van der Waals surface area contributed by atoms with E-state index < -0.39 is 6.10 Å². The molecule has 1 aliphatic rings. The monoisotopic (exact) mass is 276 g/mol. The summed E-state index contributed by atoms with van der Waals surface area (Å²) in [6, 6.07) is 5.22. The minimum absolute atomic E-state index is 0.101. The van der Waals surface area contributed by atoms with Crippen LogP contribution in [0.4, 0.5) is 11.4 Å². The lowest BCUT2D eigenvalue weighted by Gasteiger charge is -2.23. The van der Waals surface area contributed by atoms with Gasteiger partial charge in [-0.1, -0.05) is 26.8 Å². The van der Waals surface area contributed by atoms with Gasteiger partial charge in [-0.2, -0.15) is 0 Å². The maximum Gasteiger partial charge on any atom is 0.233 e. The molecule has 2 amide bonds. The van der Waals surface area contributed by atoms with Crippen LogP contribution in [0.2, 0.25) is 0 Å². The van der Waals surface area contributed by atoms with Crippen LogP contribution < -0.4 is 10.6 Å². The van der Waals surface area contributed by atoms with E-state index in [4.69, 9.17) is 0 Å². The van der Waals surface area contributed by atoms with Crippen LogP contribution in [0.3, 0.4) is 0 Å². The Bertz CT molecular complexity index is 540. The van der Waals surface area contributed by atoms with E-state index in [1.807, 2.05) is 6.92 Å². The standard InChI is InChI=1S/C15H20N2O3/c1-8(2)9(3)15(20)10-4-5-11-12(6-10)17-14(19)7-13(18)16-11/h4-6,8-9,15,20H,7H2,1-3H3,(H,16,18)(H,17,19). The summed E-state index contributed by atoms with van der Waals surface area (Å²) < 4.78 is 0. The molecule has 0 fully saturated rings. The van der Waals surface area contributed by atoms with Crippen LogP contribution in [-0.2, 0) is 9.59 Å². The predicted molar refractivity (Wildman–Crippen MR) is 77.3 cm³/mol. The van der Waals surface area contributed by atoms with E-state index in [-0.39, 0.29) is 24.2 Å². The van der Waals surface area contributed by atoms with Gasteiger partial charge in [0.1, 0.15) is 6.42 Å². The predicted octanol–water partition coefficient (Wildman–Crippen LogP) is 2.29. The second-order valence-electron chi connectivity index (χ2n) is 5.63. The zero-order chi connectivity index (χ0) is 14.9. The summed E-state index contributed by atoms with van der Waals surface area (Å²) in [6.45, 7) is 6.10. The largest absolute Gasteiger partial charge is 0.388 e. The number of benzene rings is 1. The molecule has 2 unspecified atom stereocenters. The average Bonchev–Trinajstić information content (AvgIpc) is 2.52. The summed E-state index contributed by atoms with van der Waals surface area (Å²) in [5.74, 6) is -0.225. The first-order chi connectivity index (χ1) is 9.38. The molecule has 1 heterocycles. The Morgan fingerprint density at radius 1 is 1.05 bits per heavy atom. The van der Waals surface area contributed by atoms with Crippen LogP contribution in [-0.4, -0.2) is 16.9 Å². The lowest BCUT2D eigenvalue weighted by molar-refractivity contribution is -0.123. The molecule has 0 bridgehead atoms. The number of anilines is 2. The normalized spacial score (nSPS) is 17.9. The third-order valence-electron chi connectivity index (χ3n) is 3.80. The lowest BCUT2D eigenvalue weighted by atomic mass is 9.88. The summed E-state index contributed by atoms with van der Waals surface area (Å²) in [6.07, 6.45) is -0.786. The van der Waals surface area contributed by atoms with Crippen LogP contribution in [0.5, 0.6) is 0 Å². The Morgan fingerprint density at radius 3 is 2.25 bits per heavy atom. The number of hydrogen-bond donors (Lipinski definition) is 3. The summed E-state index contributed by atoms with van der Waals surface area (Å²) in [5, 5.41) is 15.7. The van der Waals surface area contributed by atoms with Gasteiger partial charge in [-0.3, -0.25) is 9.59 Å². The van der Waals surface area contributed by atoms with Gasteiger partial charge in [-0.05, 0) is 29.5 Å². The molecule has 2 atom stereocenters. The van der Waals surface area contributed by atoms with Gasteiger partial charge in [0, 0.05) is 0 Å². The molecule has 1 aromatic rings. The van der Waals surface area contributed by atoms with Gasteiger partial charge >= 0.3 is 0 Å². The second-order valence-corrected chi connectivity index (χ2v) is 5.63.